The average molecular weight is 1950 g/mol. The van der Waals surface area contributed by atoms with Crippen LogP contribution in [-0.4, -0.2) is 315 Å². The van der Waals surface area contributed by atoms with Crippen molar-refractivity contribution in [1.29, 1.82) is 5.41 Å². The molecule has 2 aromatic carbocycles. The van der Waals surface area contributed by atoms with E-state index in [1.165, 1.54) is 89.8 Å². The molecule has 766 valence electrons. The molecule has 5 aromatic rings. The summed E-state index contributed by atoms with van der Waals surface area (Å²) in [5.41, 5.74) is 13.3. The Labute approximate surface area is 808 Å². The van der Waals surface area contributed by atoms with E-state index in [0.717, 1.165) is 60.2 Å². The molecule has 2 aliphatic heterocycles. The van der Waals surface area contributed by atoms with Crippen molar-refractivity contribution in [3.05, 3.63) is 96.0 Å². The predicted molar refractivity (Wildman–Crippen MR) is 510 cm³/mol. The topological polar surface area (TPSA) is 682 Å². The molecular weight excluding hydrogens is 1800 g/mol. The number of nitrogens with zero attached hydrogens (tertiary/aromatic N) is 6. The normalized spacial score (nSPS) is 18.7. The van der Waals surface area contributed by atoms with Gasteiger partial charge in [0.1, 0.15) is 72.8 Å². The number of nitrogens with two attached hydrogens (primary N) is 2. The van der Waals surface area contributed by atoms with Crippen LogP contribution in [0.2, 0.25) is 0 Å². The van der Waals surface area contributed by atoms with Gasteiger partial charge in [0.25, 0.3) is 0 Å². The number of carbonyl (C=O) groups is 16. The summed E-state index contributed by atoms with van der Waals surface area (Å²) >= 11 is 0. The summed E-state index contributed by atoms with van der Waals surface area (Å²) in [5, 5.41) is 81.3. The van der Waals surface area contributed by atoms with Gasteiger partial charge in [0.15, 0.2) is 11.7 Å². The lowest BCUT2D eigenvalue weighted by Gasteiger charge is -2.31. The van der Waals surface area contributed by atoms with Gasteiger partial charge in [-0.1, -0.05) is 139 Å². The van der Waals surface area contributed by atoms with Crippen molar-refractivity contribution in [2.75, 3.05) is 86.4 Å². The van der Waals surface area contributed by atoms with Crippen LogP contribution in [-0.2, 0) is 112 Å². The molecule has 3 aromatic heterocycles. The Bertz CT molecular complexity index is 4720. The number of tetrazole rings is 1. The molecule has 15 amide bonds. The number of nitrogens with one attached hydrogen (secondary N) is 18. The number of amides is 15. The molecule has 0 spiro atoms. The first-order valence-corrected chi connectivity index (χ1v) is 48.3. The SMILES string of the molecule is CCCC[C@H](NC(=O)[C@H](CNC(=O)[C@H](Cc1c[nH]cn1)NC(=O)[C@H](CCC(N)=O)NC(=O)[C@H](CO)NC(=O)CNC(=O)COCCOCCNC(=O)CCCCCCCCCCCCCCCc1nnn[nH]1)N(C)C)C(=O)N[C@H]1CCC(=O)NCCCC[C@@H](C(C)=O)NC(=O)[C@H](Cc2c[nH]c3ccccc23)NC(=O)[C@H](CCCNC(=N)N)NC(=O)[C@@H](Cc2ccccc2)NC(=O)[C@@H]2C[C@@H](O)CN2C1=O. The minimum Gasteiger partial charge on any atom is -0.394 e. The third-order valence-corrected chi connectivity index (χ3v) is 23.9. The first kappa shape index (κ1) is 113. The van der Waals surface area contributed by atoms with Crippen LogP contribution in [0.4, 0.5) is 0 Å². The largest absolute Gasteiger partial charge is 0.394 e. The van der Waals surface area contributed by atoms with Gasteiger partial charge in [-0.15, -0.1) is 5.10 Å². The molecule has 0 aliphatic carbocycles. The van der Waals surface area contributed by atoms with Crippen molar-refractivity contribution in [2.45, 2.75) is 285 Å². The number of aryl methyl sites for hydroxylation is 1. The Kier molecular flexibility index (Phi) is 51.1. The number of aliphatic hydroxyl groups is 2. The summed E-state index contributed by atoms with van der Waals surface area (Å²) in [6.45, 7) is 0.663. The van der Waals surface area contributed by atoms with Gasteiger partial charge in [-0.2, -0.15) is 0 Å². The van der Waals surface area contributed by atoms with Gasteiger partial charge < -0.3 is 120 Å². The van der Waals surface area contributed by atoms with Crippen LogP contribution < -0.4 is 85.9 Å². The molecule has 2 fully saturated rings. The zero-order valence-corrected chi connectivity index (χ0v) is 80.1. The van der Waals surface area contributed by atoms with Crippen molar-refractivity contribution in [2.24, 2.45) is 11.5 Å². The number of hydrogen-bond acceptors (Lipinski definition) is 26. The van der Waals surface area contributed by atoms with E-state index in [1.54, 1.807) is 42.6 Å². The fourth-order valence-electron chi connectivity index (χ4n) is 16.1. The third kappa shape index (κ3) is 42.5. The van der Waals surface area contributed by atoms with Gasteiger partial charge in [0, 0.05) is 107 Å². The van der Waals surface area contributed by atoms with Gasteiger partial charge in [-0.3, -0.25) is 87.0 Å². The number of likely N-dealkylation sites (N-methyl/N-ethyl adjacent to an activating group) is 1. The Hall–Kier alpha value is -13.0. The van der Waals surface area contributed by atoms with Crippen LogP contribution in [0, 0.1) is 5.41 Å². The number of rotatable bonds is 57. The van der Waals surface area contributed by atoms with E-state index in [-0.39, 0.29) is 121 Å². The van der Waals surface area contributed by atoms with Crippen LogP contribution in [0.1, 0.15) is 210 Å². The zero-order chi connectivity index (χ0) is 101. The molecule has 0 unspecified atom stereocenters. The van der Waals surface area contributed by atoms with Gasteiger partial charge >= 0.3 is 0 Å². The number of H-pyrrole nitrogens is 3. The van der Waals surface area contributed by atoms with E-state index in [4.69, 9.17) is 26.4 Å². The molecule has 46 heteroatoms. The number of aliphatic hydroxyl groups excluding tert-OH is 2. The highest BCUT2D eigenvalue weighted by atomic mass is 16.5. The second-order valence-corrected chi connectivity index (χ2v) is 35.3. The van der Waals surface area contributed by atoms with Crippen molar-refractivity contribution >= 4 is 111 Å². The monoisotopic (exact) mass is 1950 g/mol. The van der Waals surface area contributed by atoms with Crippen LogP contribution in [0.25, 0.3) is 10.9 Å². The number of para-hydroxylation sites is 1. The number of Topliss-reactive ketones (excluding diaryl/α,β-unsaturated/α-hetero) is 1. The first-order chi connectivity index (χ1) is 66.9. The summed E-state index contributed by atoms with van der Waals surface area (Å²) < 4.78 is 10.9. The minimum atomic E-state index is -1.73. The maximum absolute atomic E-state index is 15.4. The van der Waals surface area contributed by atoms with Gasteiger partial charge in [-0.05, 0) is 113 Å². The van der Waals surface area contributed by atoms with Crippen molar-refractivity contribution < 1.29 is 96.4 Å². The average Bonchev–Trinajstić information content (AvgIpc) is 1.68. The summed E-state index contributed by atoms with van der Waals surface area (Å²) in [6, 6.07) is -0.407. The second-order valence-electron chi connectivity index (χ2n) is 35.3. The fraction of sp³-hybridized carbons (Fsp3) is 0.624. The summed E-state index contributed by atoms with van der Waals surface area (Å²) in [6.07, 6.45) is 18.0. The zero-order valence-electron chi connectivity index (χ0n) is 80.1. The van der Waals surface area contributed by atoms with Crippen molar-refractivity contribution in [3.8, 4) is 0 Å². The number of unbranched alkanes of at least 4 members (excludes halogenated alkanes) is 13. The van der Waals surface area contributed by atoms with Crippen LogP contribution in [0.15, 0.2) is 73.3 Å². The summed E-state index contributed by atoms with van der Waals surface area (Å²) in [7, 11) is 2.99. The molecule has 0 radical (unpaired) electrons. The fourth-order valence-corrected chi connectivity index (χ4v) is 16.1. The van der Waals surface area contributed by atoms with E-state index in [1.807, 2.05) is 25.1 Å². The maximum Gasteiger partial charge on any atom is 0.246 e. The number of hydrogen-bond donors (Lipinski definition) is 22. The number of ether oxygens (including phenoxy) is 2. The Morgan fingerprint density at radius 2 is 1.27 bits per heavy atom. The molecule has 12 atom stereocenters. The number of aromatic amines is 3. The van der Waals surface area contributed by atoms with Gasteiger partial charge in [0.2, 0.25) is 88.6 Å². The highest BCUT2D eigenvalue weighted by Gasteiger charge is 2.44. The molecule has 0 bridgehead atoms. The van der Waals surface area contributed by atoms with Crippen LogP contribution in [0.3, 0.4) is 0 Å². The third-order valence-electron chi connectivity index (χ3n) is 23.9. The van der Waals surface area contributed by atoms with E-state index in [2.05, 4.69) is 110 Å². The number of guanidine groups is 1. The van der Waals surface area contributed by atoms with Crippen LogP contribution >= 0.6 is 0 Å². The van der Waals surface area contributed by atoms with Gasteiger partial charge in [0.05, 0.1) is 57.1 Å². The number of carbonyl (C=O) groups excluding carboxylic acids is 16. The number of ketones is 1. The molecule has 0 saturated carbocycles. The minimum absolute atomic E-state index is 0.000905. The highest BCUT2D eigenvalue weighted by Crippen LogP contribution is 2.24. The lowest BCUT2D eigenvalue weighted by molar-refractivity contribution is -0.143. The lowest BCUT2D eigenvalue weighted by Crippen LogP contribution is -2.61. The second kappa shape index (κ2) is 62.8. The smallest absolute Gasteiger partial charge is 0.246 e. The Morgan fingerprint density at radius 3 is 1.95 bits per heavy atom. The standard InChI is InChI=1S/C93H144N26O20/c1-5-6-31-67(84(129)110-70-38-40-80(125)98-41-26-25-32-65(59(2)121)106-88(133)72(48-61-51-101-66-33-24-23-30-64(61)66)111-85(130)68(34-27-42-100-93(95)96)107-87(132)71(47-60-28-19-18-20-29-60)113-90(135)75-50-63(122)55-119(75)92(70)137)109-91(136)76(118(3)4)53-103-83(128)73(49-62-52-97-58-104-62)112-86(131)69(37-39-77(94)123)108-89(134)74(56-120)105-81(126)54-102-82(127)57-139-46-45-138-44-43-99-79(124)36-22-17-15-13-11-9-7-8-10-12-14-16-21-35-78-114-116-117-115-78/h18-20,23-24,28-30,33,51-52,58,63,65,67-76,101,120,122H,5-17,21-22,25-27,31-32,34-50,53-57H2,1-4H3,(H2,94,123)(H,97,104)(H,98,125)(H,99,124)(H,102,127)(H,103,128)(H,105,126)(H,106,133)(H,107,132)(H,108,134)(H,109,136)(H,110,129)(H,111,130)(H,112,131)(H,113,135)(H4,95,96,100)(H,114,115,116,117)/t63-,65+,67+,68+,69+,70+,71-,72+,73+,74+,75+,76+/m1/s1. The van der Waals surface area contributed by atoms with Crippen molar-refractivity contribution in [1.82, 2.24) is 120 Å². The highest BCUT2D eigenvalue weighted by molar-refractivity contribution is 6.00. The van der Waals surface area contributed by atoms with E-state index < -0.39 is 220 Å². The molecule has 2 saturated heterocycles. The number of imidazole rings is 1. The molecule has 2 aliphatic rings. The summed E-state index contributed by atoms with van der Waals surface area (Å²) in [4.78, 5) is 237. The Balaban J connectivity index is 0.945. The number of fused-ring (bicyclic) bond motifs is 2. The van der Waals surface area contributed by atoms with E-state index >= 15 is 19.2 Å². The number of benzene rings is 2. The quantitative estimate of drug-likeness (QED) is 0.0115. The number of aromatic nitrogens is 7. The Morgan fingerprint density at radius 1 is 0.626 bits per heavy atom. The lowest BCUT2D eigenvalue weighted by atomic mass is 10.0. The molecule has 139 heavy (non-hydrogen) atoms. The molecule has 5 heterocycles. The number of primary amides is 1. The molecular formula is C93H144N26O20. The van der Waals surface area contributed by atoms with Crippen LogP contribution in [0.5, 0.6) is 0 Å². The molecule has 7 rings (SSSR count). The maximum atomic E-state index is 15.4. The first-order valence-electron chi connectivity index (χ1n) is 48.3. The van der Waals surface area contributed by atoms with E-state index in [9.17, 15) is 67.7 Å². The summed E-state index contributed by atoms with van der Waals surface area (Å²) in [5.74, 6) is -12.3. The molecule has 24 N–H and O–H groups in total. The predicted octanol–water partition coefficient (Wildman–Crippen LogP) is -1.85. The van der Waals surface area contributed by atoms with Gasteiger partial charge in [-0.25, -0.2) is 10.1 Å². The molecule has 46 nitrogen and oxygen atoms in total. The van der Waals surface area contributed by atoms with Crippen molar-refractivity contribution in [3.63, 3.8) is 0 Å². The van der Waals surface area contributed by atoms with E-state index in [0.29, 0.717) is 30.4 Å².